The van der Waals surface area contributed by atoms with E-state index < -0.39 is 5.54 Å². The zero-order chi connectivity index (χ0) is 22.2. The molecule has 2 aliphatic heterocycles. The molecular weight excluding hydrogens is 392 g/mol. The Morgan fingerprint density at radius 3 is 2.48 bits per heavy atom. The minimum Gasteiger partial charge on any atom is -0.508 e. The first-order valence-electron chi connectivity index (χ1n) is 10.6. The highest BCUT2D eigenvalue weighted by molar-refractivity contribution is 6.07. The Balaban J connectivity index is 1.52. The highest BCUT2D eigenvalue weighted by Crippen LogP contribution is 2.35. The Morgan fingerprint density at radius 1 is 1.16 bits per heavy atom. The molecule has 7 heteroatoms. The molecule has 1 saturated heterocycles. The lowest BCUT2D eigenvalue weighted by molar-refractivity contribution is -0.133. The monoisotopic (exact) mass is 420 g/mol. The molecular formula is C24H28N4O3. The first-order valence-corrected chi connectivity index (χ1v) is 10.6. The fourth-order valence-corrected chi connectivity index (χ4v) is 4.41. The zero-order valence-electron chi connectivity index (χ0n) is 17.9. The number of carbonyl (C=O) groups excluding carboxylic acids is 2. The normalized spacial score (nSPS) is 22.0. The first kappa shape index (κ1) is 20.9. The number of nitrogens with zero attached hydrogens (tertiary/aromatic N) is 3. The van der Waals surface area contributed by atoms with Crippen molar-refractivity contribution in [3.8, 4) is 16.9 Å². The van der Waals surface area contributed by atoms with Crippen LogP contribution in [-0.2, 0) is 15.1 Å². The summed E-state index contributed by atoms with van der Waals surface area (Å²) in [6.07, 6.45) is 1.70. The quantitative estimate of drug-likeness (QED) is 0.794. The third-order valence-corrected chi connectivity index (χ3v) is 6.40. The van der Waals surface area contributed by atoms with Crippen LogP contribution in [0.1, 0.15) is 32.3 Å². The van der Waals surface area contributed by atoms with Crippen molar-refractivity contribution in [1.82, 2.24) is 9.80 Å². The molecule has 1 atom stereocenters. The van der Waals surface area contributed by atoms with Crippen LogP contribution in [-0.4, -0.2) is 52.3 Å². The van der Waals surface area contributed by atoms with Gasteiger partial charge in [0, 0.05) is 26.6 Å². The van der Waals surface area contributed by atoms with Gasteiger partial charge in [0.25, 0.3) is 5.91 Å². The molecule has 2 heterocycles. The number of aliphatic imine (C=N–C) groups is 1. The lowest BCUT2D eigenvalue weighted by Gasteiger charge is -2.33. The van der Waals surface area contributed by atoms with E-state index in [-0.39, 0.29) is 23.5 Å². The van der Waals surface area contributed by atoms with Crippen LogP contribution in [0.5, 0.6) is 5.75 Å². The lowest BCUT2D eigenvalue weighted by Crippen LogP contribution is -2.46. The molecule has 2 amide bonds. The Kier molecular flexibility index (Phi) is 5.43. The summed E-state index contributed by atoms with van der Waals surface area (Å²) < 4.78 is 0. The number of rotatable bonds is 4. The molecule has 0 aliphatic carbocycles. The number of phenolic OH excluding ortho intramolecular Hbond substituents is 1. The van der Waals surface area contributed by atoms with E-state index in [1.807, 2.05) is 41.3 Å². The Morgan fingerprint density at radius 2 is 1.84 bits per heavy atom. The van der Waals surface area contributed by atoms with Gasteiger partial charge < -0.3 is 15.7 Å². The number of hydrogen-bond acceptors (Lipinski definition) is 5. The van der Waals surface area contributed by atoms with Crippen molar-refractivity contribution >= 4 is 17.8 Å². The van der Waals surface area contributed by atoms with Crippen LogP contribution in [0.3, 0.4) is 0 Å². The summed E-state index contributed by atoms with van der Waals surface area (Å²) in [5.41, 5.74) is 7.79. The van der Waals surface area contributed by atoms with Gasteiger partial charge in [-0.1, -0.05) is 30.3 Å². The number of piperidine rings is 1. The lowest BCUT2D eigenvalue weighted by atomic mass is 9.89. The molecule has 2 aromatic rings. The minimum atomic E-state index is -1.07. The molecule has 0 bridgehead atoms. The summed E-state index contributed by atoms with van der Waals surface area (Å²) in [5.74, 6) is 0.718. The number of guanidine groups is 1. The summed E-state index contributed by atoms with van der Waals surface area (Å²) >= 11 is 0. The second-order valence-corrected chi connectivity index (χ2v) is 8.54. The maximum atomic E-state index is 13.4. The smallest absolute Gasteiger partial charge is 0.261 e. The van der Waals surface area contributed by atoms with Crippen LogP contribution < -0.4 is 5.73 Å². The van der Waals surface area contributed by atoms with Gasteiger partial charge >= 0.3 is 0 Å². The summed E-state index contributed by atoms with van der Waals surface area (Å²) in [6, 6.07) is 14.7. The van der Waals surface area contributed by atoms with E-state index in [0.29, 0.717) is 25.6 Å². The predicted octanol–water partition coefficient (Wildman–Crippen LogP) is 2.69. The molecule has 2 aliphatic rings. The van der Waals surface area contributed by atoms with Crippen molar-refractivity contribution in [1.29, 1.82) is 0 Å². The van der Waals surface area contributed by atoms with Crippen molar-refractivity contribution in [2.24, 2.45) is 16.6 Å². The van der Waals surface area contributed by atoms with Gasteiger partial charge in [0.15, 0.2) is 11.5 Å². The summed E-state index contributed by atoms with van der Waals surface area (Å²) in [4.78, 5) is 33.0. The first-order chi connectivity index (χ1) is 14.8. The van der Waals surface area contributed by atoms with Gasteiger partial charge in [-0.25, -0.2) is 4.99 Å². The van der Waals surface area contributed by atoms with Crippen molar-refractivity contribution < 1.29 is 14.7 Å². The molecule has 2 aromatic carbocycles. The number of likely N-dealkylation sites (tertiary alicyclic amines) is 1. The van der Waals surface area contributed by atoms with Crippen molar-refractivity contribution in [3.63, 3.8) is 0 Å². The van der Waals surface area contributed by atoms with Crippen molar-refractivity contribution in [2.45, 2.75) is 32.2 Å². The zero-order valence-corrected chi connectivity index (χ0v) is 17.9. The van der Waals surface area contributed by atoms with Gasteiger partial charge in [-0.15, -0.1) is 0 Å². The van der Waals surface area contributed by atoms with Gasteiger partial charge in [0.05, 0.1) is 0 Å². The SMILES string of the molecule is CC(=O)N1CCC(CN2C(=O)C(C)(c3cccc(-c4ccc(O)cc4)c3)N=C2N)CC1. The van der Waals surface area contributed by atoms with Crippen molar-refractivity contribution in [2.75, 3.05) is 19.6 Å². The second-order valence-electron chi connectivity index (χ2n) is 8.54. The van der Waals surface area contributed by atoms with E-state index in [1.54, 1.807) is 30.9 Å². The van der Waals surface area contributed by atoms with Crippen LogP contribution >= 0.6 is 0 Å². The maximum absolute atomic E-state index is 13.4. The molecule has 4 rings (SSSR count). The summed E-state index contributed by atoms with van der Waals surface area (Å²) in [5, 5.41) is 9.54. The Labute approximate surface area is 182 Å². The maximum Gasteiger partial charge on any atom is 0.261 e. The molecule has 3 N–H and O–H groups in total. The molecule has 0 spiro atoms. The fraction of sp³-hybridized carbons (Fsp3) is 0.375. The number of benzene rings is 2. The molecule has 1 unspecified atom stereocenters. The van der Waals surface area contributed by atoms with Crippen LogP contribution in [0.25, 0.3) is 11.1 Å². The summed E-state index contributed by atoms with van der Waals surface area (Å²) in [7, 11) is 0. The number of phenols is 1. The predicted molar refractivity (Wildman–Crippen MR) is 119 cm³/mol. The number of carbonyl (C=O) groups is 2. The average Bonchev–Trinajstić information content (AvgIpc) is 2.99. The summed E-state index contributed by atoms with van der Waals surface area (Å²) in [6.45, 7) is 5.34. The number of hydrogen-bond donors (Lipinski definition) is 2. The highest BCUT2D eigenvalue weighted by atomic mass is 16.3. The van der Waals surface area contributed by atoms with E-state index in [1.165, 1.54) is 0 Å². The van der Waals surface area contributed by atoms with Crippen molar-refractivity contribution in [3.05, 3.63) is 54.1 Å². The van der Waals surface area contributed by atoms with E-state index in [4.69, 9.17) is 5.73 Å². The van der Waals surface area contributed by atoms with Gasteiger partial charge in [-0.3, -0.25) is 14.5 Å². The largest absolute Gasteiger partial charge is 0.508 e. The van der Waals surface area contributed by atoms with Gasteiger partial charge in [0.2, 0.25) is 5.91 Å². The van der Waals surface area contributed by atoms with Crippen LogP contribution in [0.2, 0.25) is 0 Å². The molecule has 0 radical (unpaired) electrons. The highest BCUT2D eigenvalue weighted by Gasteiger charge is 2.46. The van der Waals surface area contributed by atoms with Gasteiger partial charge in [-0.05, 0) is 60.6 Å². The Hall–Kier alpha value is -3.35. The van der Waals surface area contributed by atoms with E-state index in [2.05, 4.69) is 4.99 Å². The molecule has 162 valence electrons. The van der Waals surface area contributed by atoms with Crippen LogP contribution in [0, 0.1) is 5.92 Å². The standard InChI is InChI=1S/C24H28N4O3/c1-16(29)27-12-10-17(11-13-27)15-28-22(31)24(2,26-23(28)25)20-5-3-4-19(14-20)18-6-8-21(30)9-7-18/h3-9,14,17,30H,10-13,15H2,1-2H3,(H2,25,26). The number of amides is 2. The average molecular weight is 421 g/mol. The topological polar surface area (TPSA) is 99.2 Å². The third-order valence-electron chi connectivity index (χ3n) is 6.40. The van der Waals surface area contributed by atoms with E-state index in [9.17, 15) is 14.7 Å². The van der Waals surface area contributed by atoms with E-state index >= 15 is 0 Å². The van der Waals surface area contributed by atoms with Gasteiger partial charge in [-0.2, -0.15) is 0 Å². The molecule has 31 heavy (non-hydrogen) atoms. The minimum absolute atomic E-state index is 0.0952. The van der Waals surface area contributed by atoms with Gasteiger partial charge in [0.1, 0.15) is 5.75 Å². The van der Waals surface area contributed by atoms with E-state index in [0.717, 1.165) is 29.5 Å². The third kappa shape index (κ3) is 4.00. The Bertz CT molecular complexity index is 1030. The molecule has 1 fully saturated rings. The second kappa shape index (κ2) is 8.06. The molecule has 0 aromatic heterocycles. The number of nitrogens with two attached hydrogens (primary N) is 1. The molecule has 0 saturated carbocycles. The number of aromatic hydroxyl groups is 1. The molecule has 7 nitrogen and oxygen atoms in total. The fourth-order valence-electron chi connectivity index (χ4n) is 4.41. The van der Waals surface area contributed by atoms with Crippen LogP contribution in [0.4, 0.5) is 0 Å². The van der Waals surface area contributed by atoms with Crippen LogP contribution in [0.15, 0.2) is 53.5 Å².